The first-order valence-electron chi connectivity index (χ1n) is 11.3. The molecule has 1 atom stereocenters. The van der Waals surface area contributed by atoms with Gasteiger partial charge in [-0.3, -0.25) is 19.4 Å². The quantitative estimate of drug-likeness (QED) is 0.753. The van der Waals surface area contributed by atoms with Crippen LogP contribution in [0.2, 0.25) is 0 Å². The van der Waals surface area contributed by atoms with Crippen molar-refractivity contribution in [2.24, 2.45) is 0 Å². The van der Waals surface area contributed by atoms with Crippen LogP contribution < -0.4 is 0 Å². The maximum Gasteiger partial charge on any atom is 0.264 e. The zero-order valence-electron chi connectivity index (χ0n) is 17.4. The van der Waals surface area contributed by atoms with E-state index in [2.05, 4.69) is 9.80 Å². The van der Waals surface area contributed by atoms with Crippen molar-refractivity contribution in [2.75, 3.05) is 58.9 Å². The first-order chi connectivity index (χ1) is 14.2. The van der Waals surface area contributed by atoms with Crippen molar-refractivity contribution in [1.82, 2.24) is 19.6 Å². The number of hydrogen-bond acceptors (Lipinski definition) is 5. The lowest BCUT2D eigenvalue weighted by atomic mass is 10.0. The molecule has 1 unspecified atom stereocenters. The molecule has 0 bridgehead atoms. The second-order valence-corrected chi connectivity index (χ2v) is 9.58. The highest BCUT2D eigenvalue weighted by molar-refractivity contribution is 7.12. The van der Waals surface area contributed by atoms with Crippen molar-refractivity contribution in [1.29, 1.82) is 0 Å². The highest BCUT2D eigenvalue weighted by Gasteiger charge is 2.29. The molecule has 3 saturated heterocycles. The molecular formula is C22H34N4O2S. The van der Waals surface area contributed by atoms with Crippen molar-refractivity contribution in [3.8, 4) is 0 Å². The van der Waals surface area contributed by atoms with E-state index in [1.54, 1.807) is 0 Å². The molecule has 3 aliphatic rings. The number of nitrogens with zero attached hydrogens (tertiary/aromatic N) is 4. The SMILES string of the molecule is O=C(CN1CCCC(N2CCCCCC2)C1)N1CCN(C(=O)c2cccs2)CC1. The first-order valence-corrected chi connectivity index (χ1v) is 12.2. The standard InChI is InChI=1S/C22H34N4O2S/c27-21(25-12-14-26(15-13-25)22(28)20-8-6-16-29-20)18-23-9-5-7-19(17-23)24-10-3-1-2-4-11-24/h6,8,16,19H,1-5,7,9-15,17-18H2. The van der Waals surface area contributed by atoms with E-state index in [1.807, 2.05) is 27.3 Å². The van der Waals surface area contributed by atoms with Crippen molar-refractivity contribution in [3.63, 3.8) is 0 Å². The van der Waals surface area contributed by atoms with Crippen molar-refractivity contribution in [3.05, 3.63) is 22.4 Å². The molecule has 1 aromatic heterocycles. The number of thiophene rings is 1. The van der Waals surface area contributed by atoms with E-state index in [-0.39, 0.29) is 11.8 Å². The Morgan fingerprint density at radius 1 is 0.897 bits per heavy atom. The number of rotatable bonds is 4. The summed E-state index contributed by atoms with van der Waals surface area (Å²) in [5.74, 6) is 0.327. The molecular weight excluding hydrogens is 384 g/mol. The molecule has 3 aliphatic heterocycles. The van der Waals surface area contributed by atoms with Gasteiger partial charge in [0.2, 0.25) is 5.91 Å². The number of likely N-dealkylation sites (tertiary alicyclic amines) is 2. The summed E-state index contributed by atoms with van der Waals surface area (Å²) in [6, 6.07) is 4.41. The summed E-state index contributed by atoms with van der Waals surface area (Å²) >= 11 is 1.49. The van der Waals surface area contributed by atoms with Gasteiger partial charge >= 0.3 is 0 Å². The topological polar surface area (TPSA) is 47.1 Å². The van der Waals surface area contributed by atoms with Gasteiger partial charge in [-0.05, 0) is 56.8 Å². The molecule has 6 nitrogen and oxygen atoms in total. The molecule has 0 N–H and O–H groups in total. The van der Waals surface area contributed by atoms with Crippen LogP contribution in [-0.2, 0) is 4.79 Å². The smallest absolute Gasteiger partial charge is 0.264 e. The number of hydrogen-bond donors (Lipinski definition) is 0. The minimum absolute atomic E-state index is 0.100. The van der Waals surface area contributed by atoms with E-state index in [1.165, 1.54) is 63.0 Å². The molecule has 0 aliphatic carbocycles. The molecule has 0 aromatic carbocycles. The van der Waals surface area contributed by atoms with Crippen LogP contribution in [-0.4, -0.2) is 96.4 Å². The minimum atomic E-state index is 0.100. The average Bonchev–Trinajstić information content (AvgIpc) is 3.16. The molecule has 160 valence electrons. The largest absolute Gasteiger partial charge is 0.338 e. The summed E-state index contributed by atoms with van der Waals surface area (Å²) < 4.78 is 0. The van der Waals surface area contributed by atoms with E-state index in [9.17, 15) is 9.59 Å². The molecule has 7 heteroatoms. The average molecular weight is 419 g/mol. The number of carbonyl (C=O) groups excluding carboxylic acids is 2. The highest BCUT2D eigenvalue weighted by atomic mass is 32.1. The minimum Gasteiger partial charge on any atom is -0.338 e. The van der Waals surface area contributed by atoms with E-state index in [0.29, 0.717) is 38.8 Å². The zero-order chi connectivity index (χ0) is 20.1. The summed E-state index contributed by atoms with van der Waals surface area (Å²) in [7, 11) is 0. The van der Waals surface area contributed by atoms with Gasteiger partial charge in [-0.1, -0.05) is 18.9 Å². The van der Waals surface area contributed by atoms with Crippen LogP contribution in [0.25, 0.3) is 0 Å². The summed E-state index contributed by atoms with van der Waals surface area (Å²) in [6.07, 6.45) is 7.85. The lowest BCUT2D eigenvalue weighted by molar-refractivity contribution is -0.134. The van der Waals surface area contributed by atoms with Crippen LogP contribution in [0, 0.1) is 0 Å². The molecule has 0 saturated carbocycles. The van der Waals surface area contributed by atoms with Crippen LogP contribution in [0.15, 0.2) is 17.5 Å². The fourth-order valence-electron chi connectivity index (χ4n) is 4.94. The van der Waals surface area contributed by atoms with E-state index in [4.69, 9.17) is 0 Å². The third kappa shape index (κ3) is 5.38. The third-order valence-electron chi connectivity index (χ3n) is 6.65. The van der Waals surface area contributed by atoms with Gasteiger partial charge < -0.3 is 9.80 Å². The Morgan fingerprint density at radius 2 is 1.62 bits per heavy atom. The van der Waals surface area contributed by atoms with Gasteiger partial charge in [-0.15, -0.1) is 11.3 Å². The maximum atomic E-state index is 12.9. The molecule has 3 fully saturated rings. The molecule has 0 spiro atoms. The second-order valence-electron chi connectivity index (χ2n) is 8.63. The van der Waals surface area contributed by atoms with Gasteiger partial charge in [0, 0.05) is 38.8 Å². The second kappa shape index (κ2) is 10.0. The van der Waals surface area contributed by atoms with E-state index < -0.39 is 0 Å². The Kier molecular flexibility index (Phi) is 7.21. The Bertz CT molecular complexity index is 664. The van der Waals surface area contributed by atoms with E-state index in [0.717, 1.165) is 18.0 Å². The van der Waals surface area contributed by atoms with Crippen LogP contribution in [0.5, 0.6) is 0 Å². The van der Waals surface area contributed by atoms with Crippen LogP contribution in [0.3, 0.4) is 0 Å². The molecule has 29 heavy (non-hydrogen) atoms. The van der Waals surface area contributed by atoms with Gasteiger partial charge in [-0.2, -0.15) is 0 Å². The van der Waals surface area contributed by atoms with Crippen LogP contribution in [0.4, 0.5) is 0 Å². The number of carbonyl (C=O) groups is 2. The number of amides is 2. The van der Waals surface area contributed by atoms with Gasteiger partial charge in [0.05, 0.1) is 11.4 Å². The predicted octanol–water partition coefficient (Wildman–Crippen LogP) is 2.37. The van der Waals surface area contributed by atoms with Crippen molar-refractivity contribution < 1.29 is 9.59 Å². The fraction of sp³-hybridized carbons (Fsp3) is 0.727. The maximum absolute atomic E-state index is 12.9. The predicted molar refractivity (Wildman–Crippen MR) is 116 cm³/mol. The monoisotopic (exact) mass is 418 g/mol. The zero-order valence-corrected chi connectivity index (χ0v) is 18.2. The van der Waals surface area contributed by atoms with Gasteiger partial charge in [0.15, 0.2) is 0 Å². The molecule has 0 radical (unpaired) electrons. The summed E-state index contributed by atoms with van der Waals surface area (Å²) in [5, 5.41) is 1.94. The van der Waals surface area contributed by atoms with Crippen molar-refractivity contribution in [2.45, 2.75) is 44.6 Å². The molecule has 4 rings (SSSR count). The van der Waals surface area contributed by atoms with Crippen LogP contribution >= 0.6 is 11.3 Å². The van der Waals surface area contributed by atoms with Gasteiger partial charge in [0.1, 0.15) is 0 Å². The third-order valence-corrected chi connectivity index (χ3v) is 7.51. The Labute approximate surface area is 178 Å². The fourth-order valence-corrected chi connectivity index (χ4v) is 5.63. The number of piperidine rings is 1. The van der Waals surface area contributed by atoms with Gasteiger partial charge in [-0.25, -0.2) is 0 Å². The Hall–Kier alpha value is -1.44. The Balaban J connectivity index is 1.23. The van der Waals surface area contributed by atoms with Crippen LogP contribution in [0.1, 0.15) is 48.2 Å². The normalized spacial score (nSPS) is 25.0. The summed E-state index contributed by atoms with van der Waals surface area (Å²) in [6.45, 7) is 7.63. The number of piperazine rings is 1. The lowest BCUT2D eigenvalue weighted by Gasteiger charge is -2.40. The lowest BCUT2D eigenvalue weighted by Crippen LogP contribution is -2.54. The highest BCUT2D eigenvalue weighted by Crippen LogP contribution is 2.20. The summed E-state index contributed by atoms with van der Waals surface area (Å²) in [5.41, 5.74) is 0. The first kappa shape index (κ1) is 20.8. The molecule has 1 aromatic rings. The summed E-state index contributed by atoms with van der Waals surface area (Å²) in [4.78, 5) is 35.0. The van der Waals surface area contributed by atoms with E-state index >= 15 is 0 Å². The Morgan fingerprint density at radius 3 is 2.31 bits per heavy atom. The molecule has 2 amide bonds. The van der Waals surface area contributed by atoms with Crippen molar-refractivity contribution >= 4 is 23.2 Å². The molecule has 4 heterocycles. The van der Waals surface area contributed by atoms with Gasteiger partial charge in [0.25, 0.3) is 5.91 Å².